The quantitative estimate of drug-likeness (QED) is 0.450. The van der Waals surface area contributed by atoms with Gasteiger partial charge in [-0.05, 0) is 6.07 Å². The average Bonchev–Trinajstić information content (AvgIpc) is 3.07. The summed E-state index contributed by atoms with van der Waals surface area (Å²) in [6, 6.07) is 2.71. The average molecular weight is 497 g/mol. The van der Waals surface area contributed by atoms with Gasteiger partial charge in [-0.1, -0.05) is 0 Å². The Labute approximate surface area is 189 Å². The number of aromatic nitrogens is 5. The van der Waals surface area contributed by atoms with E-state index in [9.17, 15) is 36.3 Å². The third-order valence-electron chi connectivity index (χ3n) is 5.05. The Morgan fingerprint density at radius 1 is 1.20 bits per heavy atom. The highest BCUT2D eigenvalue weighted by Crippen LogP contribution is 2.36. The lowest BCUT2D eigenvalue weighted by molar-refractivity contribution is -0.138. The van der Waals surface area contributed by atoms with Crippen molar-refractivity contribution in [2.45, 2.75) is 18.2 Å². The first-order chi connectivity index (χ1) is 16.4. The van der Waals surface area contributed by atoms with Crippen molar-refractivity contribution in [1.29, 1.82) is 5.26 Å². The summed E-state index contributed by atoms with van der Waals surface area (Å²) < 4.78 is 73.9. The molecule has 1 aliphatic rings. The fourth-order valence-corrected chi connectivity index (χ4v) is 3.40. The van der Waals surface area contributed by atoms with Gasteiger partial charge in [0.05, 0.1) is 35.5 Å². The number of halogens is 5. The first-order valence-corrected chi connectivity index (χ1v) is 9.58. The second-order valence-electron chi connectivity index (χ2n) is 7.38. The lowest BCUT2D eigenvalue weighted by Crippen LogP contribution is -2.36. The Morgan fingerprint density at radius 2 is 1.94 bits per heavy atom. The zero-order chi connectivity index (χ0) is 25.5. The fraction of sp³-hybridized carbons (Fsp3) is 0.263. The SMILES string of the molecule is N#Cc1cnc(OC2CN(c3cc(-c4c[nH]c(=O)[nH]c4=O)n[nH]c3=O)CC2(F)F)cc1C(F)(F)F. The van der Waals surface area contributed by atoms with Crippen LogP contribution in [-0.4, -0.2) is 50.3 Å². The molecule has 4 heterocycles. The number of H-pyrrole nitrogens is 3. The molecule has 1 saturated heterocycles. The number of nitrogens with one attached hydrogen (secondary N) is 3. The second-order valence-corrected chi connectivity index (χ2v) is 7.38. The summed E-state index contributed by atoms with van der Waals surface area (Å²) in [4.78, 5) is 44.0. The van der Waals surface area contributed by atoms with Crippen LogP contribution in [0.15, 0.2) is 38.9 Å². The maximum atomic E-state index is 14.7. The lowest BCUT2D eigenvalue weighted by atomic mass is 10.1. The highest BCUT2D eigenvalue weighted by atomic mass is 19.4. The normalized spacial score (nSPS) is 17.3. The fourth-order valence-electron chi connectivity index (χ4n) is 3.40. The molecule has 11 nitrogen and oxygen atoms in total. The van der Waals surface area contributed by atoms with Crippen LogP contribution < -0.4 is 26.4 Å². The summed E-state index contributed by atoms with van der Waals surface area (Å²) in [6.45, 7) is -1.68. The van der Waals surface area contributed by atoms with Gasteiger partial charge in [0, 0.05) is 18.5 Å². The van der Waals surface area contributed by atoms with Gasteiger partial charge in [-0.3, -0.25) is 14.6 Å². The van der Waals surface area contributed by atoms with Crippen LogP contribution in [0.4, 0.5) is 27.6 Å². The Morgan fingerprint density at radius 3 is 2.60 bits per heavy atom. The van der Waals surface area contributed by atoms with Crippen molar-refractivity contribution in [3.63, 3.8) is 0 Å². The molecule has 0 radical (unpaired) electrons. The Hall–Kier alpha value is -4.55. The molecule has 0 spiro atoms. The van der Waals surface area contributed by atoms with E-state index in [1.165, 1.54) is 6.07 Å². The molecule has 35 heavy (non-hydrogen) atoms. The second kappa shape index (κ2) is 8.34. The Balaban J connectivity index is 1.64. The van der Waals surface area contributed by atoms with Gasteiger partial charge in [0.15, 0.2) is 6.10 Å². The van der Waals surface area contributed by atoms with E-state index in [1.807, 2.05) is 4.98 Å². The monoisotopic (exact) mass is 497 g/mol. The molecule has 0 amide bonds. The third kappa shape index (κ3) is 4.60. The van der Waals surface area contributed by atoms with Crippen molar-refractivity contribution in [2.24, 2.45) is 0 Å². The number of anilines is 1. The van der Waals surface area contributed by atoms with E-state index in [1.54, 1.807) is 0 Å². The molecule has 0 aromatic carbocycles. The van der Waals surface area contributed by atoms with E-state index in [2.05, 4.69) is 20.2 Å². The van der Waals surface area contributed by atoms with Crippen molar-refractivity contribution in [1.82, 2.24) is 25.1 Å². The van der Waals surface area contributed by atoms with Gasteiger partial charge in [-0.2, -0.15) is 23.5 Å². The van der Waals surface area contributed by atoms with Crippen molar-refractivity contribution in [3.8, 4) is 23.2 Å². The van der Waals surface area contributed by atoms with E-state index in [4.69, 9.17) is 10.00 Å². The van der Waals surface area contributed by atoms with Crippen LogP contribution in [0.2, 0.25) is 0 Å². The van der Waals surface area contributed by atoms with Crippen molar-refractivity contribution < 1.29 is 26.7 Å². The third-order valence-corrected chi connectivity index (χ3v) is 5.05. The highest BCUT2D eigenvalue weighted by molar-refractivity contribution is 5.62. The number of rotatable bonds is 4. The maximum Gasteiger partial charge on any atom is 0.417 e. The molecule has 0 bridgehead atoms. The summed E-state index contributed by atoms with van der Waals surface area (Å²) in [5.41, 5.74) is -5.37. The number of aromatic amines is 3. The minimum atomic E-state index is -4.95. The first kappa shape index (κ1) is 23.6. The lowest BCUT2D eigenvalue weighted by Gasteiger charge is -2.19. The standard InChI is InChI=1S/C19H12F5N7O4/c20-18(21)7-31(6-13(18)35-14-1-10(19(22,23)24)8(3-25)4-26-14)12-2-11(29-30-16(12)33)9-5-27-17(34)28-15(9)32/h1-2,4-5,13H,6-7H2,(H,30,33)(H2,27,28,32,34). The van der Waals surface area contributed by atoms with Crippen LogP contribution in [0, 0.1) is 11.3 Å². The smallest absolute Gasteiger partial charge is 0.417 e. The molecular weight excluding hydrogens is 485 g/mol. The molecule has 1 atom stereocenters. The largest absolute Gasteiger partial charge is 0.466 e. The van der Waals surface area contributed by atoms with E-state index in [-0.39, 0.29) is 16.9 Å². The van der Waals surface area contributed by atoms with Gasteiger partial charge in [0.1, 0.15) is 11.8 Å². The van der Waals surface area contributed by atoms with Crippen LogP contribution in [0.25, 0.3) is 11.3 Å². The van der Waals surface area contributed by atoms with Gasteiger partial charge >= 0.3 is 17.8 Å². The predicted octanol–water partition coefficient (Wildman–Crippen LogP) is 1.00. The molecule has 1 unspecified atom stereocenters. The zero-order valence-corrected chi connectivity index (χ0v) is 17.1. The van der Waals surface area contributed by atoms with Crippen molar-refractivity contribution in [2.75, 3.05) is 18.0 Å². The molecule has 182 valence electrons. The number of hydrogen-bond acceptors (Lipinski definition) is 8. The molecule has 0 aliphatic carbocycles. The minimum absolute atomic E-state index is 0.145. The maximum absolute atomic E-state index is 14.7. The highest BCUT2D eigenvalue weighted by Gasteiger charge is 2.51. The molecule has 16 heteroatoms. The van der Waals surface area contributed by atoms with Crippen LogP contribution in [0.5, 0.6) is 5.88 Å². The van der Waals surface area contributed by atoms with Gasteiger partial charge in [-0.25, -0.2) is 23.7 Å². The van der Waals surface area contributed by atoms with Crippen LogP contribution in [0.1, 0.15) is 11.1 Å². The van der Waals surface area contributed by atoms with Crippen LogP contribution in [0.3, 0.4) is 0 Å². The minimum Gasteiger partial charge on any atom is -0.466 e. The van der Waals surface area contributed by atoms with Crippen LogP contribution >= 0.6 is 0 Å². The zero-order valence-electron chi connectivity index (χ0n) is 17.1. The molecule has 4 rings (SSSR count). The van der Waals surface area contributed by atoms with E-state index >= 15 is 0 Å². The number of nitrogens with zero attached hydrogens (tertiary/aromatic N) is 4. The Bertz CT molecular complexity index is 1510. The number of hydrogen-bond donors (Lipinski definition) is 3. The van der Waals surface area contributed by atoms with Gasteiger partial charge < -0.3 is 14.6 Å². The predicted molar refractivity (Wildman–Crippen MR) is 107 cm³/mol. The number of nitriles is 1. The summed E-state index contributed by atoms with van der Waals surface area (Å²) in [5.74, 6) is -4.41. The summed E-state index contributed by atoms with van der Waals surface area (Å²) in [7, 11) is 0. The van der Waals surface area contributed by atoms with E-state index < -0.39 is 65.1 Å². The molecule has 1 aliphatic heterocycles. The summed E-state index contributed by atoms with van der Waals surface area (Å²) >= 11 is 0. The van der Waals surface area contributed by atoms with Gasteiger partial charge in [-0.15, -0.1) is 0 Å². The summed E-state index contributed by atoms with van der Waals surface area (Å²) in [6.07, 6.45) is -5.37. The number of ether oxygens (including phenoxy) is 1. The van der Waals surface area contributed by atoms with Crippen molar-refractivity contribution in [3.05, 3.63) is 66.8 Å². The van der Waals surface area contributed by atoms with Crippen molar-refractivity contribution >= 4 is 5.69 Å². The topological polar surface area (TPSA) is 161 Å². The van der Waals surface area contributed by atoms with Crippen LogP contribution in [-0.2, 0) is 6.18 Å². The van der Waals surface area contributed by atoms with E-state index in [0.29, 0.717) is 12.3 Å². The number of alkyl halides is 5. The molecular formula is C19H12F5N7O4. The van der Waals surface area contributed by atoms with Gasteiger partial charge in [0.2, 0.25) is 5.88 Å². The molecule has 0 saturated carbocycles. The molecule has 1 fully saturated rings. The molecule has 3 N–H and O–H groups in total. The van der Waals surface area contributed by atoms with Gasteiger partial charge in [0.25, 0.3) is 11.1 Å². The Kier molecular flexibility index (Phi) is 5.63. The number of pyridine rings is 1. The molecule has 3 aromatic heterocycles. The first-order valence-electron chi connectivity index (χ1n) is 9.58. The summed E-state index contributed by atoms with van der Waals surface area (Å²) in [5, 5.41) is 14.6. The van der Waals surface area contributed by atoms with E-state index in [0.717, 1.165) is 17.2 Å². The molecule has 3 aromatic rings.